The molecule has 6 heteroatoms. The molecular formula is C9H16F2N2O2. The van der Waals surface area contributed by atoms with Crippen LogP contribution >= 0.6 is 0 Å². The molecular weight excluding hydrogens is 206 g/mol. The van der Waals surface area contributed by atoms with Gasteiger partial charge in [0, 0.05) is 26.2 Å². The third-order valence-corrected chi connectivity index (χ3v) is 2.71. The van der Waals surface area contributed by atoms with Gasteiger partial charge in [-0.25, -0.2) is 8.78 Å². The van der Waals surface area contributed by atoms with E-state index >= 15 is 0 Å². The molecule has 1 aliphatic heterocycles. The summed E-state index contributed by atoms with van der Waals surface area (Å²) in [6.07, 6.45) is -2.31. The average Bonchev–Trinajstić information content (AvgIpc) is 2.17. The Morgan fingerprint density at radius 2 is 1.87 bits per heavy atom. The van der Waals surface area contributed by atoms with Crippen LogP contribution in [0.1, 0.15) is 6.92 Å². The highest BCUT2D eigenvalue weighted by molar-refractivity contribution is 5.72. The Bertz CT molecular complexity index is 218. The number of nitrogens with zero attached hydrogens (tertiary/aromatic N) is 2. The summed E-state index contributed by atoms with van der Waals surface area (Å²) in [6.45, 7) is 3.52. The highest BCUT2D eigenvalue weighted by Crippen LogP contribution is 2.08. The van der Waals surface area contributed by atoms with Crippen LogP contribution in [0.5, 0.6) is 0 Å². The van der Waals surface area contributed by atoms with Crippen molar-refractivity contribution in [2.75, 3.05) is 32.7 Å². The molecule has 1 heterocycles. The smallest absolute Gasteiger partial charge is 0.320 e. The van der Waals surface area contributed by atoms with Crippen LogP contribution in [-0.4, -0.2) is 66.1 Å². The maximum absolute atomic E-state index is 12.1. The monoisotopic (exact) mass is 222 g/mol. The molecule has 1 unspecified atom stereocenters. The minimum atomic E-state index is -2.31. The first-order valence-corrected chi connectivity index (χ1v) is 4.98. The molecule has 0 aromatic rings. The van der Waals surface area contributed by atoms with Gasteiger partial charge in [0.2, 0.25) is 0 Å². The van der Waals surface area contributed by atoms with Crippen molar-refractivity contribution in [1.29, 1.82) is 0 Å². The molecule has 0 amide bonds. The minimum Gasteiger partial charge on any atom is -0.480 e. The predicted molar refractivity (Wildman–Crippen MR) is 51.1 cm³/mol. The third kappa shape index (κ3) is 3.71. The number of piperazine rings is 1. The fourth-order valence-electron chi connectivity index (χ4n) is 1.68. The van der Waals surface area contributed by atoms with E-state index < -0.39 is 18.4 Å². The third-order valence-electron chi connectivity index (χ3n) is 2.71. The molecule has 0 aromatic carbocycles. The van der Waals surface area contributed by atoms with Crippen LogP contribution in [0.2, 0.25) is 0 Å². The summed E-state index contributed by atoms with van der Waals surface area (Å²) in [5.74, 6) is -0.864. The van der Waals surface area contributed by atoms with Gasteiger partial charge in [-0.2, -0.15) is 0 Å². The van der Waals surface area contributed by atoms with Gasteiger partial charge in [-0.15, -0.1) is 0 Å². The highest BCUT2D eigenvalue weighted by Gasteiger charge is 2.25. The lowest BCUT2D eigenvalue weighted by molar-refractivity contribution is -0.143. The van der Waals surface area contributed by atoms with Crippen molar-refractivity contribution in [3.8, 4) is 0 Å². The van der Waals surface area contributed by atoms with Crippen LogP contribution in [-0.2, 0) is 4.79 Å². The Morgan fingerprint density at radius 3 is 2.27 bits per heavy atom. The number of carboxylic acids is 1. The number of aliphatic carboxylic acids is 1. The first-order chi connectivity index (χ1) is 7.00. The summed E-state index contributed by atoms with van der Waals surface area (Å²) in [5, 5.41) is 8.77. The van der Waals surface area contributed by atoms with E-state index in [1.807, 2.05) is 0 Å². The standard InChI is InChI=1S/C9H16F2N2O2/c1-7(9(14)15)13-4-2-12(3-5-13)6-8(10)11/h7-8H,2-6H2,1H3,(H,14,15). The maximum Gasteiger partial charge on any atom is 0.320 e. The average molecular weight is 222 g/mol. The Labute approximate surface area is 87.5 Å². The van der Waals surface area contributed by atoms with Crippen molar-refractivity contribution in [3.63, 3.8) is 0 Å². The minimum absolute atomic E-state index is 0.213. The molecule has 15 heavy (non-hydrogen) atoms. The van der Waals surface area contributed by atoms with Gasteiger partial charge in [0.15, 0.2) is 0 Å². The van der Waals surface area contributed by atoms with Gasteiger partial charge in [0.1, 0.15) is 6.04 Å². The number of halogens is 2. The highest BCUT2D eigenvalue weighted by atomic mass is 19.3. The first kappa shape index (κ1) is 12.3. The number of alkyl halides is 2. The molecule has 88 valence electrons. The van der Waals surface area contributed by atoms with Crippen LogP contribution in [0, 0.1) is 0 Å². The van der Waals surface area contributed by atoms with E-state index in [9.17, 15) is 13.6 Å². The molecule has 0 aromatic heterocycles. The van der Waals surface area contributed by atoms with Crippen molar-refractivity contribution in [2.24, 2.45) is 0 Å². The second-order valence-electron chi connectivity index (χ2n) is 3.74. The maximum atomic E-state index is 12.1. The van der Waals surface area contributed by atoms with E-state index in [0.717, 1.165) is 0 Å². The fraction of sp³-hybridized carbons (Fsp3) is 0.889. The van der Waals surface area contributed by atoms with Gasteiger partial charge < -0.3 is 5.11 Å². The summed E-state index contributed by atoms with van der Waals surface area (Å²) in [6, 6.07) is -0.529. The largest absolute Gasteiger partial charge is 0.480 e. The van der Waals surface area contributed by atoms with E-state index in [-0.39, 0.29) is 6.54 Å². The van der Waals surface area contributed by atoms with Gasteiger partial charge >= 0.3 is 5.97 Å². The van der Waals surface area contributed by atoms with Crippen LogP contribution in [0.3, 0.4) is 0 Å². The predicted octanol–water partition coefficient (Wildman–Crippen LogP) is 0.342. The molecule has 0 radical (unpaired) electrons. The van der Waals surface area contributed by atoms with Gasteiger partial charge in [-0.1, -0.05) is 0 Å². The molecule has 4 nitrogen and oxygen atoms in total. The SMILES string of the molecule is CC(C(=O)O)N1CCN(CC(F)F)CC1. The van der Waals surface area contributed by atoms with Crippen molar-refractivity contribution < 1.29 is 18.7 Å². The molecule has 1 atom stereocenters. The van der Waals surface area contributed by atoms with Crippen LogP contribution < -0.4 is 0 Å². The first-order valence-electron chi connectivity index (χ1n) is 4.98. The van der Waals surface area contributed by atoms with E-state index in [2.05, 4.69) is 0 Å². The van der Waals surface area contributed by atoms with E-state index in [1.165, 1.54) is 0 Å². The molecule has 1 rings (SSSR count). The summed E-state index contributed by atoms with van der Waals surface area (Å²) in [7, 11) is 0. The molecule has 0 bridgehead atoms. The van der Waals surface area contributed by atoms with E-state index in [1.54, 1.807) is 16.7 Å². The Morgan fingerprint density at radius 1 is 1.33 bits per heavy atom. The van der Waals surface area contributed by atoms with Crippen molar-refractivity contribution in [1.82, 2.24) is 9.80 Å². The molecule has 1 saturated heterocycles. The molecule has 1 fully saturated rings. The Balaban J connectivity index is 2.32. The normalized spacial score (nSPS) is 21.9. The van der Waals surface area contributed by atoms with Crippen molar-refractivity contribution in [3.05, 3.63) is 0 Å². The van der Waals surface area contributed by atoms with Crippen LogP contribution in [0.15, 0.2) is 0 Å². The van der Waals surface area contributed by atoms with Crippen LogP contribution in [0.25, 0.3) is 0 Å². The number of hydrogen-bond acceptors (Lipinski definition) is 3. The molecule has 1 aliphatic rings. The van der Waals surface area contributed by atoms with Gasteiger partial charge in [-0.05, 0) is 6.92 Å². The second-order valence-corrected chi connectivity index (χ2v) is 3.74. The zero-order valence-corrected chi connectivity index (χ0v) is 8.70. The van der Waals surface area contributed by atoms with Gasteiger partial charge in [-0.3, -0.25) is 14.6 Å². The number of rotatable bonds is 4. The molecule has 0 spiro atoms. The van der Waals surface area contributed by atoms with Crippen LogP contribution in [0.4, 0.5) is 8.78 Å². The van der Waals surface area contributed by atoms with E-state index in [0.29, 0.717) is 26.2 Å². The second kappa shape index (κ2) is 5.37. The fourth-order valence-corrected chi connectivity index (χ4v) is 1.68. The zero-order chi connectivity index (χ0) is 11.4. The van der Waals surface area contributed by atoms with Gasteiger partial charge in [0.25, 0.3) is 6.43 Å². The van der Waals surface area contributed by atoms with E-state index in [4.69, 9.17) is 5.11 Å². The molecule has 0 saturated carbocycles. The Hall–Kier alpha value is -0.750. The summed E-state index contributed by atoms with van der Waals surface area (Å²) in [5.41, 5.74) is 0. The lowest BCUT2D eigenvalue weighted by Crippen LogP contribution is -2.52. The summed E-state index contributed by atoms with van der Waals surface area (Å²) < 4.78 is 24.1. The number of carbonyl (C=O) groups is 1. The lowest BCUT2D eigenvalue weighted by Gasteiger charge is -2.36. The number of hydrogen-bond donors (Lipinski definition) is 1. The topological polar surface area (TPSA) is 43.8 Å². The van der Waals surface area contributed by atoms with Crippen molar-refractivity contribution >= 4 is 5.97 Å². The quantitative estimate of drug-likeness (QED) is 0.745. The Kier molecular flexibility index (Phi) is 4.41. The summed E-state index contributed by atoms with van der Waals surface area (Å²) in [4.78, 5) is 14.1. The molecule has 1 N–H and O–H groups in total. The lowest BCUT2D eigenvalue weighted by atomic mass is 10.2. The van der Waals surface area contributed by atoms with Gasteiger partial charge in [0.05, 0.1) is 6.54 Å². The molecule has 0 aliphatic carbocycles. The van der Waals surface area contributed by atoms with Crippen molar-refractivity contribution in [2.45, 2.75) is 19.4 Å². The summed E-state index contributed by atoms with van der Waals surface area (Å²) >= 11 is 0. The number of carboxylic acid groups (broad SMARTS) is 1. The zero-order valence-electron chi connectivity index (χ0n) is 8.70.